The summed E-state index contributed by atoms with van der Waals surface area (Å²) in [6, 6.07) is 1.65. The van der Waals surface area contributed by atoms with Crippen LogP contribution in [0.25, 0.3) is 5.52 Å². The molecule has 27 heavy (non-hydrogen) atoms. The van der Waals surface area contributed by atoms with Crippen LogP contribution in [-0.4, -0.2) is 50.8 Å². The van der Waals surface area contributed by atoms with E-state index < -0.39 is 12.0 Å². The molecule has 2 amide bonds. The lowest BCUT2D eigenvalue weighted by Crippen LogP contribution is -2.46. The largest absolute Gasteiger partial charge is 0.465 e. The number of carbonyl (C=O) groups excluding carboxylic acids is 1. The molecule has 2 aromatic rings. The molecule has 3 rings (SSSR count). The van der Waals surface area contributed by atoms with E-state index in [0.29, 0.717) is 24.3 Å². The van der Waals surface area contributed by atoms with Crippen molar-refractivity contribution in [1.82, 2.24) is 14.5 Å². The van der Waals surface area contributed by atoms with E-state index in [-0.39, 0.29) is 22.4 Å². The van der Waals surface area contributed by atoms with E-state index in [0.717, 1.165) is 4.47 Å². The Bertz CT molecular complexity index is 920. The Morgan fingerprint density at radius 1 is 1.44 bits per heavy atom. The number of hydrogen-bond donors (Lipinski definition) is 3. The molecule has 1 fully saturated rings. The number of halogens is 1. The van der Waals surface area contributed by atoms with Crippen molar-refractivity contribution in [2.45, 2.75) is 33.7 Å². The van der Waals surface area contributed by atoms with Gasteiger partial charge in [-0.1, -0.05) is 27.7 Å². The van der Waals surface area contributed by atoms with Crippen LogP contribution in [-0.2, 0) is 0 Å². The molecule has 4 N–H and O–H groups in total. The number of likely N-dealkylation sites (tertiary alicyclic amines) is 1. The Morgan fingerprint density at radius 3 is 2.67 bits per heavy atom. The number of amides is 2. The van der Waals surface area contributed by atoms with E-state index in [1.54, 1.807) is 10.7 Å². The maximum absolute atomic E-state index is 12.0. The quantitative estimate of drug-likeness (QED) is 0.682. The van der Waals surface area contributed by atoms with Gasteiger partial charge in [0.1, 0.15) is 0 Å². The van der Waals surface area contributed by atoms with Gasteiger partial charge < -0.3 is 21.1 Å². The van der Waals surface area contributed by atoms with Crippen LogP contribution in [0.1, 0.15) is 38.1 Å². The molecular formula is C18H24BrN5O3. The minimum atomic E-state index is -0.949. The minimum absolute atomic E-state index is 0.173. The maximum Gasteiger partial charge on any atom is 0.407 e. The predicted octanol–water partition coefficient (Wildman–Crippen LogP) is 3.02. The number of anilines is 1. The van der Waals surface area contributed by atoms with Crippen molar-refractivity contribution in [2.75, 3.05) is 18.4 Å². The average Bonchev–Trinajstić information content (AvgIpc) is 3.08. The molecule has 1 aliphatic rings. The Morgan fingerprint density at radius 2 is 2.11 bits per heavy atom. The van der Waals surface area contributed by atoms with Crippen LogP contribution in [0.2, 0.25) is 0 Å². The molecule has 0 bridgehead atoms. The number of nitrogens with zero attached hydrogens (tertiary/aromatic N) is 3. The average molecular weight is 438 g/mol. The summed E-state index contributed by atoms with van der Waals surface area (Å²) >= 11 is 3.43. The van der Waals surface area contributed by atoms with Gasteiger partial charge in [0.2, 0.25) is 0 Å². The molecule has 2 aromatic heterocycles. The van der Waals surface area contributed by atoms with Gasteiger partial charge in [-0.2, -0.15) is 5.10 Å². The molecule has 0 saturated carbocycles. The Labute approximate surface area is 165 Å². The maximum atomic E-state index is 12.0. The molecular weight excluding hydrogens is 414 g/mol. The highest BCUT2D eigenvalue weighted by Crippen LogP contribution is 2.47. The summed E-state index contributed by atoms with van der Waals surface area (Å²) in [4.78, 5) is 25.0. The van der Waals surface area contributed by atoms with Gasteiger partial charge in [-0.15, -0.1) is 0 Å². The molecule has 0 aromatic carbocycles. The van der Waals surface area contributed by atoms with Gasteiger partial charge in [-0.05, 0) is 27.4 Å². The van der Waals surface area contributed by atoms with Gasteiger partial charge in [0.25, 0.3) is 5.91 Å². The molecule has 0 aliphatic carbocycles. The number of primary amides is 1. The third kappa shape index (κ3) is 3.24. The third-order valence-corrected chi connectivity index (χ3v) is 6.30. The van der Waals surface area contributed by atoms with E-state index >= 15 is 0 Å². The molecule has 1 saturated heterocycles. The summed E-state index contributed by atoms with van der Waals surface area (Å²) in [6.45, 7) is 9.08. The first-order chi connectivity index (χ1) is 12.4. The Balaban J connectivity index is 2.11. The summed E-state index contributed by atoms with van der Waals surface area (Å²) in [7, 11) is 0. The molecule has 1 aliphatic heterocycles. The molecule has 2 atom stereocenters. The Hall–Kier alpha value is -2.29. The van der Waals surface area contributed by atoms with Crippen LogP contribution >= 0.6 is 15.9 Å². The second-order valence-electron chi connectivity index (χ2n) is 8.31. The summed E-state index contributed by atoms with van der Waals surface area (Å²) in [6.07, 6.45) is 2.27. The van der Waals surface area contributed by atoms with Crippen LogP contribution in [0.3, 0.4) is 0 Å². The monoisotopic (exact) mass is 437 g/mol. The Kier molecular flexibility index (Phi) is 4.62. The summed E-state index contributed by atoms with van der Waals surface area (Å²) in [5.41, 5.74) is 6.58. The zero-order valence-corrected chi connectivity index (χ0v) is 17.4. The van der Waals surface area contributed by atoms with Crippen LogP contribution in [0.5, 0.6) is 0 Å². The van der Waals surface area contributed by atoms with Crippen molar-refractivity contribution >= 4 is 39.1 Å². The van der Waals surface area contributed by atoms with Gasteiger partial charge >= 0.3 is 6.09 Å². The van der Waals surface area contributed by atoms with Crippen LogP contribution in [0, 0.1) is 10.8 Å². The second-order valence-corrected chi connectivity index (χ2v) is 9.23. The van der Waals surface area contributed by atoms with Gasteiger partial charge in [0.05, 0.1) is 29.0 Å². The number of rotatable bonds is 3. The predicted molar refractivity (Wildman–Crippen MR) is 106 cm³/mol. The normalized spacial score (nSPS) is 23.0. The fourth-order valence-electron chi connectivity index (χ4n) is 3.64. The third-order valence-electron chi connectivity index (χ3n) is 5.86. The first kappa shape index (κ1) is 19.5. The smallest absolute Gasteiger partial charge is 0.407 e. The number of nitrogens with one attached hydrogen (secondary N) is 1. The van der Waals surface area contributed by atoms with E-state index in [1.807, 2.05) is 6.07 Å². The molecule has 8 nitrogen and oxygen atoms in total. The molecule has 0 radical (unpaired) electrons. The summed E-state index contributed by atoms with van der Waals surface area (Å²) in [5, 5.41) is 17.2. The van der Waals surface area contributed by atoms with Crippen molar-refractivity contribution in [2.24, 2.45) is 16.6 Å². The second kappa shape index (κ2) is 6.40. The topological polar surface area (TPSA) is 113 Å². The van der Waals surface area contributed by atoms with Gasteiger partial charge in [-0.25, -0.2) is 9.31 Å². The standard InChI is InChI=1S/C18H24BrN5O3/c1-17(2,3)18(4)9-23(16(26)27)8-13(18)22-14-11(15(20)25)6-21-24-7-10(19)5-12(14)24/h5-7,13,22H,8-9H2,1-4H3,(H2,20,25)(H,26,27)/t13-,18-/m1/s1. The van der Waals surface area contributed by atoms with Gasteiger partial charge in [0, 0.05) is 29.2 Å². The highest BCUT2D eigenvalue weighted by molar-refractivity contribution is 9.10. The minimum Gasteiger partial charge on any atom is -0.465 e. The van der Waals surface area contributed by atoms with Gasteiger partial charge in [-0.3, -0.25) is 4.79 Å². The number of nitrogens with two attached hydrogens (primary N) is 1. The molecule has 0 unspecified atom stereocenters. The summed E-state index contributed by atoms with van der Waals surface area (Å²) < 4.78 is 2.47. The molecule has 3 heterocycles. The zero-order chi connectivity index (χ0) is 20.1. The lowest BCUT2D eigenvalue weighted by Gasteiger charge is -2.43. The highest BCUT2D eigenvalue weighted by Gasteiger charge is 2.52. The van der Waals surface area contributed by atoms with Crippen molar-refractivity contribution in [1.29, 1.82) is 0 Å². The first-order valence-electron chi connectivity index (χ1n) is 8.65. The van der Waals surface area contributed by atoms with Crippen LogP contribution < -0.4 is 11.1 Å². The molecule has 0 spiro atoms. The fourth-order valence-corrected chi connectivity index (χ4v) is 4.05. The van der Waals surface area contributed by atoms with Crippen molar-refractivity contribution in [3.8, 4) is 0 Å². The SMILES string of the molecule is CC(C)(C)[C@]1(C)CN(C(=O)O)C[C@H]1Nc1c(C(N)=O)cnn2cc(Br)cc12. The number of carbonyl (C=O) groups is 2. The highest BCUT2D eigenvalue weighted by atomic mass is 79.9. The van der Waals surface area contributed by atoms with Crippen LogP contribution in [0.15, 0.2) is 22.9 Å². The van der Waals surface area contributed by atoms with Crippen molar-refractivity contribution < 1.29 is 14.7 Å². The fraction of sp³-hybridized carbons (Fsp3) is 0.500. The zero-order valence-electron chi connectivity index (χ0n) is 15.8. The molecule has 9 heteroatoms. The first-order valence-corrected chi connectivity index (χ1v) is 9.44. The summed E-state index contributed by atoms with van der Waals surface area (Å²) in [5.74, 6) is -0.588. The van der Waals surface area contributed by atoms with Gasteiger partial charge in [0.15, 0.2) is 0 Å². The lowest BCUT2D eigenvalue weighted by molar-refractivity contribution is 0.0997. The van der Waals surface area contributed by atoms with Crippen molar-refractivity contribution in [3.05, 3.63) is 28.5 Å². The van der Waals surface area contributed by atoms with E-state index in [2.05, 4.69) is 54.0 Å². The van der Waals surface area contributed by atoms with Crippen LogP contribution in [0.4, 0.5) is 10.5 Å². The van der Waals surface area contributed by atoms with E-state index in [1.165, 1.54) is 11.1 Å². The molecule has 146 valence electrons. The number of carboxylic acid groups (broad SMARTS) is 1. The number of hydrogen-bond acceptors (Lipinski definition) is 4. The lowest BCUT2D eigenvalue weighted by atomic mass is 9.65. The van der Waals surface area contributed by atoms with E-state index in [4.69, 9.17) is 5.73 Å². The van der Waals surface area contributed by atoms with E-state index in [9.17, 15) is 14.7 Å². The number of fused-ring (bicyclic) bond motifs is 1. The number of aromatic nitrogens is 2. The van der Waals surface area contributed by atoms with Crippen molar-refractivity contribution in [3.63, 3.8) is 0 Å².